The van der Waals surface area contributed by atoms with E-state index in [1.165, 1.54) is 30.3 Å². The van der Waals surface area contributed by atoms with E-state index in [0.717, 1.165) is 12.1 Å². The van der Waals surface area contributed by atoms with Crippen molar-refractivity contribution in [2.75, 3.05) is 5.32 Å². The second-order valence-electron chi connectivity index (χ2n) is 7.68. The minimum Gasteiger partial charge on any atom is -0.425 e. The van der Waals surface area contributed by atoms with Crippen molar-refractivity contribution in [2.24, 2.45) is 0 Å². The summed E-state index contributed by atoms with van der Waals surface area (Å²) in [4.78, 5) is 25.8. The predicted octanol–water partition coefficient (Wildman–Crippen LogP) is 7.99. The van der Waals surface area contributed by atoms with E-state index in [4.69, 9.17) is 39.5 Å². The number of carbonyl (C=O) groups is 2. The Labute approximate surface area is 220 Å². The molecule has 9 heteroatoms. The first-order valence-corrected chi connectivity index (χ1v) is 11.6. The highest BCUT2D eigenvalue weighted by atomic mass is 35.5. The van der Waals surface area contributed by atoms with Crippen molar-refractivity contribution in [1.82, 2.24) is 0 Å². The minimum absolute atomic E-state index is 0.0401. The summed E-state index contributed by atoms with van der Waals surface area (Å²) in [6.45, 7) is 0. The van der Waals surface area contributed by atoms with Crippen molar-refractivity contribution >= 4 is 52.4 Å². The van der Waals surface area contributed by atoms with Gasteiger partial charge in [-0.2, -0.15) is 0 Å². The normalized spacial score (nSPS) is 10.7. The summed E-state index contributed by atoms with van der Waals surface area (Å²) in [5.74, 6) is -2.89. The SMILES string of the molecule is O=C(Cc1ccc(Cl)cc1Cl)Oc1ccc(-c2ccc(F)cc2F)cc1C(=O)Nc1ccc(Cl)cc1. The Kier molecular flexibility index (Phi) is 7.89. The van der Waals surface area contributed by atoms with Gasteiger partial charge in [0.2, 0.25) is 0 Å². The maximum absolute atomic E-state index is 14.4. The topological polar surface area (TPSA) is 55.4 Å². The molecular weight excluding hydrogens is 531 g/mol. The van der Waals surface area contributed by atoms with Gasteiger partial charge < -0.3 is 10.1 Å². The lowest BCUT2D eigenvalue weighted by Crippen LogP contribution is -2.17. The van der Waals surface area contributed by atoms with E-state index in [9.17, 15) is 18.4 Å². The summed E-state index contributed by atoms with van der Waals surface area (Å²) in [5.41, 5.74) is 1.25. The van der Waals surface area contributed by atoms with Crippen LogP contribution in [0.15, 0.2) is 78.9 Å². The number of amides is 1. The third kappa shape index (κ3) is 6.21. The maximum atomic E-state index is 14.4. The Bertz CT molecular complexity index is 1460. The molecule has 4 aromatic rings. The van der Waals surface area contributed by atoms with Crippen LogP contribution >= 0.6 is 34.8 Å². The average molecular weight is 547 g/mol. The molecule has 0 aliphatic heterocycles. The average Bonchev–Trinajstić information content (AvgIpc) is 2.83. The highest BCUT2D eigenvalue weighted by molar-refractivity contribution is 6.35. The molecule has 182 valence electrons. The fraction of sp³-hybridized carbons (Fsp3) is 0.0370. The lowest BCUT2D eigenvalue weighted by Gasteiger charge is -2.14. The predicted molar refractivity (Wildman–Crippen MR) is 137 cm³/mol. The van der Waals surface area contributed by atoms with E-state index in [0.29, 0.717) is 26.3 Å². The Balaban J connectivity index is 1.66. The first kappa shape index (κ1) is 25.6. The largest absolute Gasteiger partial charge is 0.425 e. The Morgan fingerprint density at radius 1 is 0.806 bits per heavy atom. The zero-order chi connectivity index (χ0) is 25.8. The molecule has 36 heavy (non-hydrogen) atoms. The number of ether oxygens (including phenoxy) is 1. The van der Waals surface area contributed by atoms with E-state index in [1.54, 1.807) is 36.4 Å². The first-order valence-electron chi connectivity index (χ1n) is 10.5. The number of benzene rings is 4. The van der Waals surface area contributed by atoms with Gasteiger partial charge in [-0.15, -0.1) is 0 Å². The Hall–Kier alpha value is -3.45. The third-order valence-corrected chi connectivity index (χ3v) is 5.98. The number of hydrogen-bond acceptors (Lipinski definition) is 3. The zero-order valence-electron chi connectivity index (χ0n) is 18.3. The van der Waals surface area contributed by atoms with Crippen LogP contribution in [0.2, 0.25) is 15.1 Å². The van der Waals surface area contributed by atoms with Crippen molar-refractivity contribution in [2.45, 2.75) is 6.42 Å². The Morgan fingerprint density at radius 3 is 2.22 bits per heavy atom. The van der Waals surface area contributed by atoms with E-state index in [-0.39, 0.29) is 28.9 Å². The van der Waals surface area contributed by atoms with Crippen LogP contribution in [0.25, 0.3) is 11.1 Å². The molecule has 1 N–H and O–H groups in total. The number of rotatable bonds is 6. The number of anilines is 1. The molecule has 0 heterocycles. The summed E-state index contributed by atoms with van der Waals surface area (Å²) in [6.07, 6.45) is -0.178. The number of esters is 1. The summed E-state index contributed by atoms with van der Waals surface area (Å²) in [6, 6.07) is 18.4. The van der Waals surface area contributed by atoms with Gasteiger partial charge >= 0.3 is 5.97 Å². The van der Waals surface area contributed by atoms with Crippen LogP contribution < -0.4 is 10.1 Å². The van der Waals surface area contributed by atoms with E-state index >= 15 is 0 Å². The molecule has 1 amide bonds. The summed E-state index contributed by atoms with van der Waals surface area (Å²) in [7, 11) is 0. The lowest BCUT2D eigenvalue weighted by molar-refractivity contribution is -0.133. The number of carbonyl (C=O) groups excluding carboxylic acids is 2. The van der Waals surface area contributed by atoms with Crippen molar-refractivity contribution in [3.63, 3.8) is 0 Å². The van der Waals surface area contributed by atoms with Gasteiger partial charge in [-0.3, -0.25) is 9.59 Å². The molecule has 0 unspecified atom stereocenters. The molecule has 0 saturated heterocycles. The molecule has 0 bridgehead atoms. The van der Waals surface area contributed by atoms with Crippen LogP contribution in [0, 0.1) is 11.6 Å². The van der Waals surface area contributed by atoms with Gasteiger partial charge in [-0.05, 0) is 71.8 Å². The van der Waals surface area contributed by atoms with Crippen LogP contribution in [0.1, 0.15) is 15.9 Å². The molecule has 0 aromatic heterocycles. The smallest absolute Gasteiger partial charge is 0.315 e. The minimum atomic E-state index is -0.804. The van der Waals surface area contributed by atoms with Gasteiger partial charge in [0, 0.05) is 32.4 Å². The van der Waals surface area contributed by atoms with Crippen molar-refractivity contribution in [3.8, 4) is 16.9 Å². The Morgan fingerprint density at radius 2 is 1.53 bits per heavy atom. The molecule has 0 saturated carbocycles. The fourth-order valence-electron chi connectivity index (χ4n) is 3.40. The van der Waals surface area contributed by atoms with Crippen LogP contribution in [-0.2, 0) is 11.2 Å². The highest BCUT2D eigenvalue weighted by Crippen LogP contribution is 2.30. The van der Waals surface area contributed by atoms with Crippen LogP contribution in [0.3, 0.4) is 0 Å². The maximum Gasteiger partial charge on any atom is 0.315 e. The van der Waals surface area contributed by atoms with Gasteiger partial charge in [0.25, 0.3) is 5.91 Å². The van der Waals surface area contributed by atoms with Gasteiger partial charge in [-0.1, -0.05) is 46.9 Å². The van der Waals surface area contributed by atoms with Crippen LogP contribution in [-0.4, -0.2) is 11.9 Å². The molecule has 0 fully saturated rings. The van der Waals surface area contributed by atoms with Crippen molar-refractivity contribution < 1.29 is 23.1 Å². The molecule has 4 aromatic carbocycles. The van der Waals surface area contributed by atoms with Crippen molar-refractivity contribution in [1.29, 1.82) is 0 Å². The van der Waals surface area contributed by atoms with Gasteiger partial charge in [0.15, 0.2) is 0 Å². The van der Waals surface area contributed by atoms with Gasteiger partial charge in [-0.25, -0.2) is 8.78 Å². The zero-order valence-corrected chi connectivity index (χ0v) is 20.6. The van der Waals surface area contributed by atoms with Crippen LogP contribution in [0.5, 0.6) is 5.75 Å². The first-order chi connectivity index (χ1) is 17.2. The van der Waals surface area contributed by atoms with E-state index in [2.05, 4.69) is 5.32 Å². The van der Waals surface area contributed by atoms with Crippen LogP contribution in [0.4, 0.5) is 14.5 Å². The third-order valence-electron chi connectivity index (χ3n) is 5.14. The summed E-state index contributed by atoms with van der Waals surface area (Å²) in [5, 5.41) is 3.88. The molecule has 0 spiro atoms. The molecule has 4 rings (SSSR count). The monoisotopic (exact) mass is 545 g/mol. The second-order valence-corrected chi connectivity index (χ2v) is 8.96. The summed E-state index contributed by atoms with van der Waals surface area (Å²) < 4.78 is 33.3. The molecular formula is C27H16Cl3F2NO3. The second kappa shape index (κ2) is 11.1. The molecule has 0 aliphatic carbocycles. The van der Waals surface area contributed by atoms with Gasteiger partial charge in [0.05, 0.1) is 12.0 Å². The fourth-order valence-corrected chi connectivity index (χ4v) is 4.00. The lowest BCUT2D eigenvalue weighted by atomic mass is 10.0. The van der Waals surface area contributed by atoms with Crippen molar-refractivity contribution in [3.05, 3.63) is 117 Å². The molecule has 0 radical (unpaired) electrons. The quantitative estimate of drug-likeness (QED) is 0.197. The van der Waals surface area contributed by atoms with Gasteiger partial charge in [0.1, 0.15) is 17.4 Å². The highest BCUT2D eigenvalue weighted by Gasteiger charge is 2.19. The standard InChI is InChI=1S/C27H16Cl3F2NO3/c28-17-4-7-20(8-5-17)33-27(35)22-11-15(21-9-6-19(31)14-24(21)32)2-10-25(22)36-26(34)12-16-1-3-18(29)13-23(16)30/h1-11,13-14H,12H2,(H,33,35). The number of nitrogens with one attached hydrogen (secondary N) is 1. The summed E-state index contributed by atoms with van der Waals surface area (Å²) >= 11 is 17.9. The van der Waals surface area contributed by atoms with E-state index in [1.807, 2.05) is 0 Å². The van der Waals surface area contributed by atoms with E-state index < -0.39 is 23.5 Å². The molecule has 0 atom stereocenters. The molecule has 4 nitrogen and oxygen atoms in total. The number of hydrogen-bond donors (Lipinski definition) is 1. The molecule has 0 aliphatic rings. The number of halogens is 5.